The van der Waals surface area contributed by atoms with E-state index in [-0.39, 0.29) is 18.2 Å². The number of carbonyl (C=O) groups excluding carboxylic acids is 1. The number of carbonyl (C=O) groups is 1. The van der Waals surface area contributed by atoms with Gasteiger partial charge in [0.15, 0.2) is 11.5 Å². The van der Waals surface area contributed by atoms with Gasteiger partial charge in [0, 0.05) is 36.5 Å². The largest absolute Gasteiger partial charge is 0.490 e. The van der Waals surface area contributed by atoms with Crippen molar-refractivity contribution in [1.29, 1.82) is 0 Å². The first-order chi connectivity index (χ1) is 17.9. The molecule has 192 valence electrons. The minimum atomic E-state index is -0.435. The Hall–Kier alpha value is -3.67. The summed E-state index contributed by atoms with van der Waals surface area (Å²) in [5, 5.41) is 15.1. The number of halogens is 1. The predicted molar refractivity (Wildman–Crippen MR) is 151 cm³/mol. The number of nitrogens with one attached hydrogen (secondary N) is 1. The van der Waals surface area contributed by atoms with Crippen molar-refractivity contribution in [1.82, 2.24) is 5.43 Å². The van der Waals surface area contributed by atoms with Crippen molar-refractivity contribution >= 4 is 46.1 Å². The molecule has 3 aromatic carbocycles. The van der Waals surface area contributed by atoms with Crippen LogP contribution < -0.4 is 19.8 Å². The Morgan fingerprint density at radius 2 is 1.89 bits per heavy atom. The lowest BCUT2D eigenvalue weighted by Crippen LogP contribution is -2.19. The van der Waals surface area contributed by atoms with E-state index in [1.54, 1.807) is 24.4 Å². The van der Waals surface area contributed by atoms with Gasteiger partial charge < -0.3 is 14.4 Å². The second-order valence-electron chi connectivity index (χ2n) is 8.42. The molecule has 0 unspecified atom stereocenters. The Kier molecular flexibility index (Phi) is 8.94. The lowest BCUT2D eigenvalue weighted by Gasteiger charge is -2.17. The standard InChI is InChI=1S/C27H27IN4O5/c1-2-36-25-16-20(15-24(28)26(25)37-18-19-6-5-7-23(14-19)32(34)35)17-29-30-27(33)21-8-10-22(11-9-21)31-12-3-4-13-31/h5-11,14-17H,2-4,12-13,18H2,1H3,(H,30,33)/b29-17-. The Labute approximate surface area is 228 Å². The van der Waals surface area contributed by atoms with Crippen LogP contribution in [0.4, 0.5) is 11.4 Å². The summed E-state index contributed by atoms with van der Waals surface area (Å²) in [5.74, 6) is 0.763. The van der Waals surface area contributed by atoms with Crippen molar-refractivity contribution in [3.8, 4) is 11.5 Å². The maximum absolute atomic E-state index is 12.5. The van der Waals surface area contributed by atoms with Crippen LogP contribution in [0.15, 0.2) is 65.8 Å². The van der Waals surface area contributed by atoms with Crippen molar-refractivity contribution < 1.29 is 19.2 Å². The third-order valence-corrected chi connectivity index (χ3v) is 6.62. The van der Waals surface area contributed by atoms with E-state index in [9.17, 15) is 14.9 Å². The molecule has 1 heterocycles. The number of hydrogen-bond acceptors (Lipinski definition) is 7. The first kappa shape index (κ1) is 26.4. The first-order valence-electron chi connectivity index (χ1n) is 12.0. The van der Waals surface area contributed by atoms with Crippen molar-refractivity contribution in [2.45, 2.75) is 26.4 Å². The van der Waals surface area contributed by atoms with Gasteiger partial charge in [0.1, 0.15) is 6.61 Å². The number of amides is 1. The summed E-state index contributed by atoms with van der Waals surface area (Å²) in [6, 6.07) is 17.5. The molecule has 1 aliphatic rings. The van der Waals surface area contributed by atoms with Gasteiger partial charge >= 0.3 is 0 Å². The molecule has 0 aliphatic carbocycles. The second kappa shape index (κ2) is 12.5. The van der Waals surface area contributed by atoms with Gasteiger partial charge in [-0.15, -0.1) is 0 Å². The minimum Gasteiger partial charge on any atom is -0.490 e. The van der Waals surface area contributed by atoms with Gasteiger partial charge in [-0.2, -0.15) is 5.10 Å². The zero-order valence-electron chi connectivity index (χ0n) is 20.4. The van der Waals surface area contributed by atoms with Crippen molar-refractivity contribution in [3.63, 3.8) is 0 Å². The van der Waals surface area contributed by atoms with Crippen LogP contribution in [0, 0.1) is 13.7 Å². The van der Waals surface area contributed by atoms with E-state index in [1.807, 2.05) is 37.3 Å². The van der Waals surface area contributed by atoms with Crippen LogP contribution in [0.1, 0.15) is 41.3 Å². The zero-order chi connectivity index (χ0) is 26.2. The Balaban J connectivity index is 1.41. The van der Waals surface area contributed by atoms with Crippen molar-refractivity contribution in [2.24, 2.45) is 5.10 Å². The fraction of sp³-hybridized carbons (Fsp3) is 0.259. The molecule has 1 N–H and O–H groups in total. The molecule has 0 bridgehead atoms. The molecule has 0 radical (unpaired) electrons. The lowest BCUT2D eigenvalue weighted by atomic mass is 10.2. The summed E-state index contributed by atoms with van der Waals surface area (Å²) in [6.45, 7) is 4.55. The number of rotatable bonds is 10. The normalized spacial score (nSPS) is 13.1. The van der Waals surface area contributed by atoms with E-state index in [0.717, 1.165) is 27.9 Å². The van der Waals surface area contributed by atoms with Crippen LogP contribution in [0.3, 0.4) is 0 Å². The van der Waals surface area contributed by atoms with E-state index >= 15 is 0 Å². The summed E-state index contributed by atoms with van der Waals surface area (Å²) in [6.07, 6.45) is 3.95. The highest BCUT2D eigenvalue weighted by Crippen LogP contribution is 2.34. The first-order valence-corrected chi connectivity index (χ1v) is 13.0. The number of anilines is 1. The van der Waals surface area contributed by atoms with Gasteiger partial charge in [-0.25, -0.2) is 5.43 Å². The lowest BCUT2D eigenvalue weighted by molar-refractivity contribution is -0.384. The molecular formula is C27H27IN4O5. The van der Waals surface area contributed by atoms with Gasteiger partial charge in [0.2, 0.25) is 0 Å². The zero-order valence-corrected chi connectivity index (χ0v) is 22.5. The molecule has 4 rings (SSSR count). The average molecular weight is 614 g/mol. The van der Waals surface area contributed by atoms with E-state index in [4.69, 9.17) is 9.47 Å². The number of benzene rings is 3. The average Bonchev–Trinajstić information content (AvgIpc) is 3.44. The van der Waals surface area contributed by atoms with Gasteiger partial charge in [-0.05, 0) is 89.9 Å². The Morgan fingerprint density at radius 1 is 1.14 bits per heavy atom. The Bertz CT molecular complexity index is 1290. The molecule has 37 heavy (non-hydrogen) atoms. The highest BCUT2D eigenvalue weighted by molar-refractivity contribution is 14.1. The quantitative estimate of drug-likeness (QED) is 0.139. The summed E-state index contributed by atoms with van der Waals surface area (Å²) < 4.78 is 12.5. The third kappa shape index (κ3) is 6.97. The number of ether oxygens (including phenoxy) is 2. The molecule has 0 spiro atoms. The van der Waals surface area contributed by atoms with Crippen LogP contribution in [0.25, 0.3) is 0 Å². The molecule has 1 aliphatic heterocycles. The van der Waals surface area contributed by atoms with Crippen LogP contribution >= 0.6 is 22.6 Å². The maximum Gasteiger partial charge on any atom is 0.271 e. The van der Waals surface area contributed by atoms with Crippen molar-refractivity contribution in [2.75, 3.05) is 24.6 Å². The summed E-state index contributed by atoms with van der Waals surface area (Å²) in [7, 11) is 0. The van der Waals surface area contributed by atoms with Gasteiger partial charge in [-0.1, -0.05) is 12.1 Å². The van der Waals surface area contributed by atoms with Crippen LogP contribution in [-0.2, 0) is 6.61 Å². The molecule has 1 fully saturated rings. The summed E-state index contributed by atoms with van der Waals surface area (Å²) >= 11 is 2.14. The van der Waals surface area contributed by atoms with Crippen LogP contribution in [-0.4, -0.2) is 36.7 Å². The van der Waals surface area contributed by atoms with Crippen LogP contribution in [0.2, 0.25) is 0 Å². The van der Waals surface area contributed by atoms with E-state index < -0.39 is 4.92 Å². The molecule has 0 saturated carbocycles. The van der Waals surface area contributed by atoms with Crippen molar-refractivity contribution in [3.05, 3.63) is 91.0 Å². The Morgan fingerprint density at radius 3 is 2.59 bits per heavy atom. The number of hydrogen-bond donors (Lipinski definition) is 1. The molecule has 1 saturated heterocycles. The molecule has 1 amide bonds. The van der Waals surface area contributed by atoms with Gasteiger partial charge in [0.05, 0.1) is 21.3 Å². The SMILES string of the molecule is CCOc1cc(/C=N\NC(=O)c2ccc(N3CCCC3)cc2)cc(I)c1OCc1cccc([N+](=O)[O-])c1. The number of nitro benzene ring substituents is 1. The number of non-ortho nitro benzene ring substituents is 1. The van der Waals surface area contributed by atoms with E-state index in [1.165, 1.54) is 25.0 Å². The van der Waals surface area contributed by atoms with Gasteiger partial charge in [-0.3, -0.25) is 14.9 Å². The fourth-order valence-electron chi connectivity index (χ4n) is 4.01. The molecule has 9 nitrogen and oxygen atoms in total. The topological polar surface area (TPSA) is 106 Å². The number of nitro groups is 1. The highest BCUT2D eigenvalue weighted by atomic mass is 127. The third-order valence-electron chi connectivity index (χ3n) is 5.82. The highest BCUT2D eigenvalue weighted by Gasteiger charge is 2.15. The monoisotopic (exact) mass is 614 g/mol. The molecule has 3 aromatic rings. The smallest absolute Gasteiger partial charge is 0.271 e. The molecule has 0 atom stereocenters. The maximum atomic E-state index is 12.5. The second-order valence-corrected chi connectivity index (χ2v) is 9.58. The summed E-state index contributed by atoms with van der Waals surface area (Å²) in [4.78, 5) is 25.4. The van der Waals surface area contributed by atoms with E-state index in [0.29, 0.717) is 29.2 Å². The molecular weight excluding hydrogens is 587 g/mol. The van der Waals surface area contributed by atoms with E-state index in [2.05, 4.69) is 38.0 Å². The number of hydrazone groups is 1. The number of nitrogens with zero attached hydrogens (tertiary/aromatic N) is 3. The fourth-order valence-corrected chi connectivity index (χ4v) is 4.79. The molecule has 10 heteroatoms. The molecule has 0 aromatic heterocycles. The summed E-state index contributed by atoms with van der Waals surface area (Å²) in [5.41, 5.74) is 5.64. The minimum absolute atomic E-state index is 0.0111. The van der Waals surface area contributed by atoms with Gasteiger partial charge in [0.25, 0.3) is 11.6 Å². The predicted octanol–water partition coefficient (Wildman–Crippen LogP) is 5.54. The van der Waals surface area contributed by atoms with Crippen LogP contribution in [0.5, 0.6) is 11.5 Å².